The van der Waals surface area contributed by atoms with Gasteiger partial charge in [0.1, 0.15) is 28.6 Å². The maximum absolute atomic E-state index is 16.4. The van der Waals surface area contributed by atoms with E-state index in [1.165, 1.54) is 19.3 Å². The number of ether oxygens (including phenoxy) is 1. The molecule has 1 N–H and O–H groups in total. The van der Waals surface area contributed by atoms with Gasteiger partial charge in [0.15, 0.2) is 5.82 Å². The van der Waals surface area contributed by atoms with Crippen molar-refractivity contribution in [3.63, 3.8) is 0 Å². The lowest BCUT2D eigenvalue weighted by Crippen LogP contribution is -2.37. The van der Waals surface area contributed by atoms with E-state index in [2.05, 4.69) is 24.8 Å². The number of phenols is 1. The van der Waals surface area contributed by atoms with Crippen molar-refractivity contribution in [2.45, 2.75) is 25.7 Å². The smallest absolute Gasteiger partial charge is 0.319 e. The standard InChI is InChI=1S/C30H27FN6O2/c31-26-27(23-14-21(38)13-20-4-1-2-5-22(20)23)34-15-24-28(26)35-30(39-11-8-25-32-9-3-10-33-25)36-29(24)37-16-18-6-7-19(12-18)17-37/h1-5,9-10,13-15,18-19,38H,6-8,11-12,16-17H2. The van der Waals surface area contributed by atoms with Crippen LogP contribution in [-0.4, -0.2) is 49.7 Å². The van der Waals surface area contributed by atoms with Gasteiger partial charge in [-0.25, -0.2) is 14.4 Å². The molecule has 2 bridgehead atoms. The summed E-state index contributed by atoms with van der Waals surface area (Å²) in [5.74, 6) is 2.02. The molecule has 9 heteroatoms. The van der Waals surface area contributed by atoms with Gasteiger partial charge in [-0.05, 0) is 60.1 Å². The summed E-state index contributed by atoms with van der Waals surface area (Å²) in [5, 5.41) is 12.5. The van der Waals surface area contributed by atoms with Crippen LogP contribution in [0.1, 0.15) is 25.1 Å². The first-order valence-corrected chi connectivity index (χ1v) is 13.3. The van der Waals surface area contributed by atoms with Gasteiger partial charge in [-0.1, -0.05) is 24.3 Å². The minimum absolute atomic E-state index is 0.0457. The second kappa shape index (κ2) is 9.72. The zero-order valence-corrected chi connectivity index (χ0v) is 21.3. The van der Waals surface area contributed by atoms with Gasteiger partial charge in [0.2, 0.25) is 0 Å². The van der Waals surface area contributed by atoms with E-state index in [0.717, 1.165) is 23.9 Å². The molecular weight excluding hydrogens is 495 g/mol. The number of nitrogens with zero attached hydrogens (tertiary/aromatic N) is 6. The Morgan fingerprint density at radius 3 is 2.56 bits per heavy atom. The number of benzene rings is 2. The van der Waals surface area contributed by atoms with E-state index in [-0.39, 0.29) is 29.6 Å². The third-order valence-electron chi connectivity index (χ3n) is 7.83. The molecule has 8 nitrogen and oxygen atoms in total. The van der Waals surface area contributed by atoms with Gasteiger partial charge in [0.25, 0.3) is 0 Å². The summed E-state index contributed by atoms with van der Waals surface area (Å²) in [4.78, 5) is 24.6. The summed E-state index contributed by atoms with van der Waals surface area (Å²) >= 11 is 0. The van der Waals surface area contributed by atoms with Crippen molar-refractivity contribution in [1.82, 2.24) is 24.9 Å². The predicted octanol–water partition coefficient (Wildman–Crippen LogP) is 5.34. The minimum Gasteiger partial charge on any atom is -0.508 e. The van der Waals surface area contributed by atoms with Crippen molar-refractivity contribution < 1.29 is 14.2 Å². The van der Waals surface area contributed by atoms with E-state index in [1.807, 2.05) is 24.3 Å². The fourth-order valence-electron chi connectivity index (χ4n) is 6.08. The van der Waals surface area contributed by atoms with Crippen LogP contribution < -0.4 is 9.64 Å². The van der Waals surface area contributed by atoms with Gasteiger partial charge >= 0.3 is 6.01 Å². The number of hydrogen-bond donors (Lipinski definition) is 1. The molecule has 39 heavy (non-hydrogen) atoms. The monoisotopic (exact) mass is 522 g/mol. The largest absolute Gasteiger partial charge is 0.508 e. The molecule has 1 saturated heterocycles. The lowest BCUT2D eigenvalue weighted by atomic mass is 9.98. The number of aromatic hydroxyl groups is 1. The summed E-state index contributed by atoms with van der Waals surface area (Å²) in [6.45, 7) is 2.01. The zero-order valence-electron chi connectivity index (χ0n) is 21.3. The van der Waals surface area contributed by atoms with Gasteiger partial charge in [-0.15, -0.1) is 0 Å². The SMILES string of the molecule is Oc1cc(-c2ncc3c(N4CC5CCC(C5)C4)nc(OCCc4ncccn4)nc3c2F)c2ccccc2c1. The third kappa shape index (κ3) is 4.47. The number of aromatic nitrogens is 5. The van der Waals surface area contributed by atoms with Crippen LogP contribution >= 0.6 is 0 Å². The van der Waals surface area contributed by atoms with Crippen molar-refractivity contribution in [2.24, 2.45) is 11.8 Å². The average molecular weight is 523 g/mol. The molecular formula is C30H27FN6O2. The van der Waals surface area contributed by atoms with Gasteiger partial charge in [-0.3, -0.25) is 4.98 Å². The van der Waals surface area contributed by atoms with Gasteiger partial charge in [-0.2, -0.15) is 9.97 Å². The second-order valence-corrected chi connectivity index (χ2v) is 10.4. The Morgan fingerprint density at radius 1 is 0.949 bits per heavy atom. The Bertz CT molecular complexity index is 1670. The molecule has 1 aliphatic heterocycles. The molecule has 2 unspecified atom stereocenters. The number of hydrogen-bond acceptors (Lipinski definition) is 8. The second-order valence-electron chi connectivity index (χ2n) is 10.4. The van der Waals surface area contributed by atoms with Crippen molar-refractivity contribution >= 4 is 27.5 Å². The Hall–Kier alpha value is -4.40. The fraction of sp³-hybridized carbons (Fsp3) is 0.300. The highest BCUT2D eigenvalue weighted by atomic mass is 19.1. The van der Waals surface area contributed by atoms with Crippen LogP contribution in [0.15, 0.2) is 61.1 Å². The first-order chi connectivity index (χ1) is 19.1. The molecule has 5 aromatic rings. The van der Waals surface area contributed by atoms with Crippen LogP contribution in [0, 0.1) is 17.7 Å². The van der Waals surface area contributed by atoms with Crippen LogP contribution in [-0.2, 0) is 6.42 Å². The number of pyridine rings is 1. The van der Waals surface area contributed by atoms with Crippen LogP contribution in [0.5, 0.6) is 11.8 Å². The number of rotatable bonds is 6. The summed E-state index contributed by atoms with van der Waals surface area (Å²) < 4.78 is 22.3. The molecule has 2 aliphatic rings. The zero-order chi connectivity index (χ0) is 26.3. The maximum atomic E-state index is 16.4. The molecule has 0 spiro atoms. The third-order valence-corrected chi connectivity index (χ3v) is 7.83. The molecule has 0 amide bonds. The maximum Gasteiger partial charge on any atom is 0.319 e. The summed E-state index contributed by atoms with van der Waals surface area (Å²) in [6.07, 6.45) is 9.17. The molecule has 2 fully saturated rings. The van der Waals surface area contributed by atoms with Crippen molar-refractivity contribution in [2.75, 3.05) is 24.6 Å². The Kier molecular flexibility index (Phi) is 5.91. The fourth-order valence-corrected chi connectivity index (χ4v) is 6.08. The van der Waals surface area contributed by atoms with E-state index in [0.29, 0.717) is 40.8 Å². The van der Waals surface area contributed by atoms with Crippen LogP contribution in [0.2, 0.25) is 0 Å². The Balaban J connectivity index is 1.33. The normalized spacial score (nSPS) is 18.6. The quantitative estimate of drug-likeness (QED) is 0.319. The van der Waals surface area contributed by atoms with Gasteiger partial charge < -0.3 is 14.7 Å². The van der Waals surface area contributed by atoms with Gasteiger partial charge in [0, 0.05) is 43.7 Å². The van der Waals surface area contributed by atoms with E-state index >= 15 is 4.39 Å². The van der Waals surface area contributed by atoms with Crippen molar-refractivity contribution in [1.29, 1.82) is 0 Å². The Labute approximate surface area is 224 Å². The van der Waals surface area contributed by atoms with Crippen LogP contribution in [0.25, 0.3) is 32.9 Å². The molecule has 4 heterocycles. The van der Waals surface area contributed by atoms with Crippen LogP contribution in [0.4, 0.5) is 10.2 Å². The molecule has 1 aliphatic carbocycles. The molecule has 0 radical (unpaired) electrons. The molecule has 2 atom stereocenters. The summed E-state index contributed by atoms with van der Waals surface area (Å²) in [7, 11) is 0. The average Bonchev–Trinajstić information content (AvgIpc) is 3.30. The van der Waals surface area contributed by atoms with Gasteiger partial charge in [0.05, 0.1) is 12.0 Å². The molecule has 1 saturated carbocycles. The minimum atomic E-state index is -0.567. The van der Waals surface area contributed by atoms with Crippen molar-refractivity contribution in [3.05, 3.63) is 72.7 Å². The first-order valence-electron chi connectivity index (χ1n) is 13.3. The lowest BCUT2D eigenvalue weighted by molar-refractivity contribution is 0.294. The number of fused-ring (bicyclic) bond motifs is 4. The summed E-state index contributed by atoms with van der Waals surface area (Å²) in [6, 6.07) is 12.6. The van der Waals surface area contributed by atoms with Crippen molar-refractivity contribution in [3.8, 4) is 23.0 Å². The first kappa shape index (κ1) is 23.7. The number of anilines is 1. The van der Waals surface area contributed by atoms with E-state index < -0.39 is 5.82 Å². The number of phenolic OH excluding ortho intramolecular Hbond substituents is 1. The molecule has 196 valence electrons. The topological polar surface area (TPSA) is 97.2 Å². The molecule has 2 aromatic carbocycles. The lowest BCUT2D eigenvalue weighted by Gasteiger charge is -2.33. The highest BCUT2D eigenvalue weighted by Gasteiger charge is 2.34. The Morgan fingerprint density at radius 2 is 1.74 bits per heavy atom. The highest BCUT2D eigenvalue weighted by Crippen LogP contribution is 2.41. The summed E-state index contributed by atoms with van der Waals surface area (Å²) in [5.41, 5.74) is 0.785. The molecule has 7 rings (SSSR count). The van der Waals surface area contributed by atoms with E-state index in [9.17, 15) is 5.11 Å². The predicted molar refractivity (Wildman–Crippen MR) is 146 cm³/mol. The molecule has 3 aromatic heterocycles. The number of piperidine rings is 1. The number of halogens is 1. The van der Waals surface area contributed by atoms with E-state index in [1.54, 1.807) is 36.8 Å². The van der Waals surface area contributed by atoms with E-state index in [4.69, 9.17) is 9.72 Å². The highest BCUT2D eigenvalue weighted by molar-refractivity contribution is 5.99. The van der Waals surface area contributed by atoms with Crippen LogP contribution in [0.3, 0.4) is 0 Å².